The minimum absolute atomic E-state index is 0.387. The van der Waals surface area contributed by atoms with Crippen molar-refractivity contribution in [2.24, 2.45) is 20.0 Å². The number of hydrogen-bond acceptors (Lipinski definition) is 8. The van der Waals surface area contributed by atoms with Gasteiger partial charge in [-0.25, -0.2) is 9.98 Å². The van der Waals surface area contributed by atoms with Crippen LogP contribution in [0.25, 0.3) is 22.3 Å². The second-order valence-corrected chi connectivity index (χ2v) is 19.0. The number of nitrogens with zero attached hydrogens (tertiary/aromatic N) is 4. The van der Waals surface area contributed by atoms with Crippen LogP contribution in [0, 0.1) is 0 Å². The summed E-state index contributed by atoms with van der Waals surface area (Å²) in [5.41, 5.74) is 18.6. The van der Waals surface area contributed by atoms with Crippen molar-refractivity contribution in [2.75, 3.05) is 26.4 Å². The summed E-state index contributed by atoms with van der Waals surface area (Å²) in [7, 11) is 0. The van der Waals surface area contributed by atoms with E-state index in [1.54, 1.807) is 0 Å². The molecule has 4 aromatic carbocycles. The number of H-pyrrole nitrogens is 4. The van der Waals surface area contributed by atoms with Crippen LogP contribution in [-0.4, -0.2) is 70.2 Å². The zero-order chi connectivity index (χ0) is 53.5. The Labute approximate surface area is 462 Å². The lowest BCUT2D eigenvalue weighted by Gasteiger charge is -2.11. The number of hydrogen-bond donors (Lipinski definition) is 4. The number of benzene rings is 4. The first kappa shape index (κ1) is 48.9. The van der Waals surface area contributed by atoms with Crippen LogP contribution in [0.5, 0.6) is 23.0 Å². The van der Waals surface area contributed by atoms with Crippen LogP contribution < -0.4 is 18.9 Å². The maximum atomic E-state index is 6.14. The molecule has 15 heterocycles. The average Bonchev–Trinajstić information content (AvgIpc) is 4.33. The monoisotopic (exact) mass is 1040 g/mol. The maximum Gasteiger partial charge on any atom is 0.119 e. The van der Waals surface area contributed by atoms with Crippen LogP contribution in [0.4, 0.5) is 0 Å². The van der Waals surface area contributed by atoms with Gasteiger partial charge in [0.05, 0.1) is 45.6 Å². The third-order valence-corrected chi connectivity index (χ3v) is 13.9. The predicted octanol–water partition coefficient (Wildman–Crippen LogP) is 13.8. The van der Waals surface area contributed by atoms with Gasteiger partial charge in [0.25, 0.3) is 0 Å². The van der Waals surface area contributed by atoms with E-state index in [0.717, 1.165) is 136 Å². The molecule has 0 fully saturated rings. The molecule has 4 aromatic heterocycles. The Morgan fingerprint density at radius 3 is 0.963 bits per heavy atom. The summed E-state index contributed by atoms with van der Waals surface area (Å²) in [6.45, 7) is 1.55. The Bertz CT molecular complexity index is 3760. The van der Waals surface area contributed by atoms with Gasteiger partial charge in [0.2, 0.25) is 0 Å². The summed E-state index contributed by atoms with van der Waals surface area (Å²) in [5, 5.41) is 0. The van der Waals surface area contributed by atoms with E-state index in [-0.39, 0.29) is 0 Å². The fourth-order valence-electron chi connectivity index (χ4n) is 10.0. The minimum atomic E-state index is 0.387. The first-order valence-electron chi connectivity index (χ1n) is 26.5. The zero-order valence-corrected chi connectivity index (χ0v) is 43.3. The zero-order valence-electron chi connectivity index (χ0n) is 43.3. The van der Waals surface area contributed by atoms with E-state index in [9.17, 15) is 0 Å². The second-order valence-electron chi connectivity index (χ2n) is 19.0. The molecule has 0 radical (unpaired) electrons. The smallest absolute Gasteiger partial charge is 0.119 e. The lowest BCUT2D eigenvalue weighted by molar-refractivity contribution is 0.350. The Balaban J connectivity index is 0.778. The first-order chi connectivity index (χ1) is 39.6. The first-order valence-corrected chi connectivity index (χ1v) is 26.5. The third-order valence-electron chi connectivity index (χ3n) is 13.9. The third kappa shape index (κ3) is 10.6. The molecule has 0 saturated heterocycles. The molecule has 8 aromatic rings. The molecule has 0 saturated carbocycles. The van der Waals surface area contributed by atoms with Crippen molar-refractivity contribution in [3.8, 4) is 23.0 Å². The number of rotatable bonds is 2. The molecular weight excluding hydrogens is 993 g/mol. The Kier molecular flexibility index (Phi) is 13.7. The number of nitrogens with one attached hydrogen (secondary N) is 4. The topological polar surface area (TPSA) is 150 Å². The van der Waals surface area contributed by atoms with Gasteiger partial charge in [0.1, 0.15) is 49.4 Å². The number of aliphatic imine (C=N–C) groups is 4. The molecule has 12 nitrogen and oxygen atoms in total. The molecule has 16 bridgehead atoms. The highest BCUT2D eigenvalue weighted by Crippen LogP contribution is 2.36. The molecule has 0 spiro atoms. The summed E-state index contributed by atoms with van der Waals surface area (Å²) >= 11 is 0. The summed E-state index contributed by atoms with van der Waals surface area (Å²) < 4.78 is 24.6. The molecule has 0 atom stereocenters. The van der Waals surface area contributed by atoms with Crippen molar-refractivity contribution >= 4 is 46.1 Å². The van der Waals surface area contributed by atoms with Gasteiger partial charge in [0.15, 0.2) is 0 Å². The van der Waals surface area contributed by atoms with Crippen LogP contribution in [0.1, 0.15) is 56.4 Å². The molecule has 12 heteroatoms. The van der Waals surface area contributed by atoms with Crippen LogP contribution in [0.15, 0.2) is 274 Å². The normalized spacial score (nSPS) is 18.9. The van der Waals surface area contributed by atoms with E-state index in [2.05, 4.69) is 129 Å². The standard InChI is InChI=1S/C68H52N8O4/c1-2-42-78-50-23-15-46(16-24-50)66(58-10-6-38-70-58)62-34-30-55(74-62)56-32-36-64(76-56)68(60-12-8-40-72-60)48-19-27-52(28-20-48)80-44-4-3-43-79-51-25-17-47(18-26-51)67(59-11-7-39-71-59)63-35-31-54(75-63)53-29-33-61(73-53)65(57-9-5-37-69-57)45-13-21-49(22-14-45)77-41-1/h1-40,69-70,75-76H,41-44H2/b2-1?,4-3?,65-61+,66-62?,67-59+,68-60-. The summed E-state index contributed by atoms with van der Waals surface area (Å²) in [6.07, 6.45) is 31.5. The van der Waals surface area contributed by atoms with Gasteiger partial charge in [-0.1, -0.05) is 48.5 Å². The summed E-state index contributed by atoms with van der Waals surface area (Å²) in [5.74, 6) is 3.02. The highest BCUT2D eigenvalue weighted by Gasteiger charge is 2.22. The van der Waals surface area contributed by atoms with Crippen molar-refractivity contribution in [3.63, 3.8) is 0 Å². The molecule has 388 valence electrons. The summed E-state index contributed by atoms with van der Waals surface area (Å²) in [4.78, 5) is 33.9. The molecular formula is C68H52N8O4. The maximum absolute atomic E-state index is 6.14. The molecule has 11 aliphatic rings. The van der Waals surface area contributed by atoms with Gasteiger partial charge >= 0.3 is 0 Å². The average molecular weight is 1050 g/mol. The second kappa shape index (κ2) is 22.5. The Hall–Kier alpha value is -10.7. The van der Waals surface area contributed by atoms with Gasteiger partial charge in [-0.15, -0.1) is 0 Å². The quantitative estimate of drug-likeness (QED) is 0.128. The molecule has 11 aliphatic heterocycles. The molecule has 0 unspecified atom stereocenters. The number of ether oxygens (including phenoxy) is 4. The van der Waals surface area contributed by atoms with E-state index < -0.39 is 0 Å². The van der Waals surface area contributed by atoms with Crippen molar-refractivity contribution in [3.05, 3.63) is 310 Å². The fourth-order valence-corrected chi connectivity index (χ4v) is 10.0. The van der Waals surface area contributed by atoms with E-state index in [1.165, 1.54) is 0 Å². The fraction of sp³-hybridized carbons (Fsp3) is 0.0588. The number of aromatic nitrogens is 4. The SMILES string of the molecule is C1=C/C(=C2\c3ccc(cc3)OCC=CCOc3ccc(cc3)/C(=C3/C=CC=N3)c3ccc([nH]3)C3=N/C(=C(/c4ccc[nH]4)c4ccc(cc4)OCC=CCOc4ccc(cc4)C(c4ccc[nH]4)=C4C=CC(=N4)c4ccc2[nH]4)C=C3)N=C1. The predicted molar refractivity (Wildman–Crippen MR) is 320 cm³/mol. The lowest BCUT2D eigenvalue weighted by atomic mass is 10.0. The molecule has 4 N–H and O–H groups in total. The van der Waals surface area contributed by atoms with Crippen molar-refractivity contribution in [1.82, 2.24) is 19.9 Å². The number of aromatic amines is 4. The van der Waals surface area contributed by atoms with Crippen molar-refractivity contribution in [2.45, 2.75) is 0 Å². The van der Waals surface area contributed by atoms with E-state index in [4.69, 9.17) is 38.9 Å². The van der Waals surface area contributed by atoms with Crippen LogP contribution >= 0.6 is 0 Å². The van der Waals surface area contributed by atoms with Crippen LogP contribution in [0.2, 0.25) is 0 Å². The highest BCUT2D eigenvalue weighted by atomic mass is 16.5. The molecule has 0 aliphatic carbocycles. The van der Waals surface area contributed by atoms with Crippen molar-refractivity contribution < 1.29 is 18.9 Å². The van der Waals surface area contributed by atoms with Gasteiger partial charge < -0.3 is 38.9 Å². The Morgan fingerprint density at radius 1 is 0.312 bits per heavy atom. The molecule has 0 amide bonds. The molecule has 19 rings (SSSR count). The van der Waals surface area contributed by atoms with E-state index in [0.29, 0.717) is 26.4 Å². The molecule has 80 heavy (non-hydrogen) atoms. The van der Waals surface area contributed by atoms with Gasteiger partial charge in [-0.2, -0.15) is 0 Å². The van der Waals surface area contributed by atoms with E-state index >= 15 is 0 Å². The highest BCUT2D eigenvalue weighted by molar-refractivity contribution is 6.12. The Morgan fingerprint density at radius 2 is 0.650 bits per heavy atom. The van der Waals surface area contributed by atoms with Gasteiger partial charge in [0, 0.05) is 69.9 Å². The number of allylic oxidation sites excluding steroid dienone is 8. The van der Waals surface area contributed by atoms with Gasteiger partial charge in [-0.3, -0.25) is 9.98 Å². The van der Waals surface area contributed by atoms with Crippen molar-refractivity contribution in [1.29, 1.82) is 0 Å². The minimum Gasteiger partial charge on any atom is -0.490 e. The van der Waals surface area contributed by atoms with Gasteiger partial charge in [-0.05, 0) is 192 Å². The largest absolute Gasteiger partial charge is 0.490 e. The summed E-state index contributed by atoms with van der Waals surface area (Å²) in [6, 6.07) is 48.9. The lowest BCUT2D eigenvalue weighted by Crippen LogP contribution is -1.99. The van der Waals surface area contributed by atoms with E-state index in [1.807, 2.05) is 134 Å². The van der Waals surface area contributed by atoms with Crippen LogP contribution in [0.3, 0.4) is 0 Å². The van der Waals surface area contributed by atoms with Crippen LogP contribution in [-0.2, 0) is 0 Å².